The molecule has 0 aliphatic carbocycles. The Labute approximate surface area is 126 Å². The fourth-order valence-electron chi connectivity index (χ4n) is 2.52. The van der Waals surface area contributed by atoms with Gasteiger partial charge in [-0.25, -0.2) is 0 Å². The van der Waals surface area contributed by atoms with E-state index in [1.54, 1.807) is 0 Å². The highest BCUT2D eigenvalue weighted by Crippen LogP contribution is 2.19. The first kappa shape index (κ1) is 16.8. The predicted molar refractivity (Wildman–Crippen MR) is 82.2 cm³/mol. The van der Waals surface area contributed by atoms with E-state index in [1.807, 2.05) is 35.2 Å². The zero-order valence-electron chi connectivity index (χ0n) is 11.7. The van der Waals surface area contributed by atoms with Gasteiger partial charge < -0.3 is 15.4 Å². The topological polar surface area (TPSA) is 55.6 Å². The molecule has 1 saturated heterocycles. The van der Waals surface area contributed by atoms with Crippen LogP contribution < -0.4 is 10.5 Å². The minimum atomic E-state index is 0. The van der Waals surface area contributed by atoms with Crippen LogP contribution in [-0.2, 0) is 4.79 Å². The maximum atomic E-state index is 12.1. The van der Waals surface area contributed by atoms with Gasteiger partial charge in [-0.15, -0.1) is 12.4 Å². The van der Waals surface area contributed by atoms with Crippen molar-refractivity contribution in [2.45, 2.75) is 19.3 Å². The molecule has 1 aromatic rings. The number of nitrogens with zero attached hydrogens (tertiary/aromatic N) is 1. The summed E-state index contributed by atoms with van der Waals surface area (Å²) in [5, 5.41) is 0. The lowest BCUT2D eigenvalue weighted by Crippen LogP contribution is -2.42. The van der Waals surface area contributed by atoms with Crippen LogP contribution in [0.1, 0.15) is 19.3 Å². The lowest BCUT2D eigenvalue weighted by atomic mass is 9.95. The molecule has 0 bridgehead atoms. The minimum Gasteiger partial charge on any atom is -0.484 e. The zero-order valence-corrected chi connectivity index (χ0v) is 12.5. The van der Waals surface area contributed by atoms with Gasteiger partial charge in [-0.1, -0.05) is 18.2 Å². The minimum absolute atomic E-state index is 0. The number of hydrogen-bond acceptors (Lipinski definition) is 3. The second-order valence-corrected chi connectivity index (χ2v) is 5.03. The van der Waals surface area contributed by atoms with Crippen LogP contribution in [0.5, 0.6) is 5.75 Å². The summed E-state index contributed by atoms with van der Waals surface area (Å²) >= 11 is 0. The normalized spacial score (nSPS) is 18.2. The van der Waals surface area contributed by atoms with Gasteiger partial charge in [-0.05, 0) is 43.9 Å². The van der Waals surface area contributed by atoms with E-state index < -0.39 is 0 Å². The van der Waals surface area contributed by atoms with Crippen molar-refractivity contribution in [3.05, 3.63) is 30.3 Å². The molecular formula is C15H23ClN2O2. The maximum absolute atomic E-state index is 12.1. The molecule has 4 nitrogen and oxygen atoms in total. The number of hydrogen-bond donors (Lipinski definition) is 1. The number of halogens is 1. The van der Waals surface area contributed by atoms with Crippen LogP contribution in [0, 0.1) is 5.92 Å². The van der Waals surface area contributed by atoms with E-state index >= 15 is 0 Å². The molecule has 0 radical (unpaired) electrons. The SMILES string of the molecule is Cl.NCCC1CCCN(C(=O)COc2ccccc2)C1. The number of benzene rings is 1. The Morgan fingerprint density at radius 2 is 2.10 bits per heavy atom. The average Bonchev–Trinajstić information content (AvgIpc) is 2.46. The van der Waals surface area contributed by atoms with Gasteiger partial charge in [0, 0.05) is 13.1 Å². The summed E-state index contributed by atoms with van der Waals surface area (Å²) in [6, 6.07) is 9.45. The van der Waals surface area contributed by atoms with Crippen molar-refractivity contribution in [3.63, 3.8) is 0 Å². The highest BCUT2D eigenvalue weighted by molar-refractivity contribution is 5.85. The third-order valence-electron chi connectivity index (χ3n) is 3.55. The average molecular weight is 299 g/mol. The van der Waals surface area contributed by atoms with Crippen molar-refractivity contribution in [3.8, 4) is 5.75 Å². The Kier molecular flexibility index (Phi) is 7.41. The summed E-state index contributed by atoms with van der Waals surface area (Å²) in [7, 11) is 0. The number of nitrogens with two attached hydrogens (primary N) is 1. The van der Waals surface area contributed by atoms with Gasteiger partial charge in [0.15, 0.2) is 6.61 Å². The molecule has 1 aromatic carbocycles. The second kappa shape index (κ2) is 8.82. The Bertz CT molecular complexity index is 398. The third-order valence-corrected chi connectivity index (χ3v) is 3.55. The predicted octanol–water partition coefficient (Wildman–Crippen LogP) is 2.07. The summed E-state index contributed by atoms with van der Waals surface area (Å²) in [5.74, 6) is 1.37. The van der Waals surface area contributed by atoms with Gasteiger partial charge in [0.25, 0.3) is 5.91 Å². The van der Waals surface area contributed by atoms with Crippen molar-refractivity contribution in [2.24, 2.45) is 11.7 Å². The van der Waals surface area contributed by atoms with Crippen LogP contribution in [0.2, 0.25) is 0 Å². The zero-order chi connectivity index (χ0) is 13.5. The monoisotopic (exact) mass is 298 g/mol. The summed E-state index contributed by atoms with van der Waals surface area (Å²) in [6.07, 6.45) is 3.26. The summed E-state index contributed by atoms with van der Waals surface area (Å²) in [6.45, 7) is 2.50. The fraction of sp³-hybridized carbons (Fsp3) is 0.533. The number of rotatable bonds is 5. The fourth-order valence-corrected chi connectivity index (χ4v) is 2.52. The molecule has 5 heteroatoms. The van der Waals surface area contributed by atoms with E-state index in [1.165, 1.54) is 6.42 Å². The molecule has 1 aliphatic rings. The van der Waals surface area contributed by atoms with Gasteiger partial charge >= 0.3 is 0 Å². The molecule has 1 unspecified atom stereocenters. The van der Waals surface area contributed by atoms with E-state index in [4.69, 9.17) is 10.5 Å². The van der Waals surface area contributed by atoms with Crippen molar-refractivity contribution >= 4 is 18.3 Å². The Balaban J connectivity index is 0.00000200. The van der Waals surface area contributed by atoms with E-state index in [-0.39, 0.29) is 24.9 Å². The summed E-state index contributed by atoms with van der Waals surface area (Å²) in [5.41, 5.74) is 5.59. The molecule has 0 saturated carbocycles. The van der Waals surface area contributed by atoms with E-state index in [2.05, 4.69) is 0 Å². The van der Waals surface area contributed by atoms with Gasteiger partial charge in [-0.2, -0.15) is 0 Å². The molecule has 2 rings (SSSR count). The number of ether oxygens (including phenoxy) is 1. The molecule has 1 heterocycles. The van der Waals surface area contributed by atoms with Crippen LogP contribution in [0.15, 0.2) is 30.3 Å². The largest absolute Gasteiger partial charge is 0.484 e. The molecule has 2 N–H and O–H groups in total. The first-order valence-corrected chi connectivity index (χ1v) is 6.95. The van der Waals surface area contributed by atoms with Crippen LogP contribution in [0.25, 0.3) is 0 Å². The Morgan fingerprint density at radius 3 is 2.80 bits per heavy atom. The molecule has 1 atom stereocenters. The van der Waals surface area contributed by atoms with Crippen molar-refractivity contribution in [1.29, 1.82) is 0 Å². The number of piperidine rings is 1. The van der Waals surface area contributed by atoms with Gasteiger partial charge in [0.1, 0.15) is 5.75 Å². The number of para-hydroxylation sites is 1. The number of amides is 1. The number of likely N-dealkylation sites (tertiary alicyclic amines) is 1. The lowest BCUT2D eigenvalue weighted by molar-refractivity contribution is -0.135. The van der Waals surface area contributed by atoms with Crippen LogP contribution in [0.3, 0.4) is 0 Å². The molecule has 112 valence electrons. The van der Waals surface area contributed by atoms with E-state index in [0.717, 1.165) is 31.7 Å². The quantitative estimate of drug-likeness (QED) is 0.905. The maximum Gasteiger partial charge on any atom is 0.260 e. The molecule has 20 heavy (non-hydrogen) atoms. The first-order valence-electron chi connectivity index (χ1n) is 6.95. The van der Waals surface area contributed by atoms with Gasteiger partial charge in [0.05, 0.1) is 0 Å². The second-order valence-electron chi connectivity index (χ2n) is 5.03. The van der Waals surface area contributed by atoms with Crippen molar-refractivity contribution in [1.82, 2.24) is 4.90 Å². The van der Waals surface area contributed by atoms with E-state index in [0.29, 0.717) is 12.5 Å². The number of carbonyl (C=O) groups excluding carboxylic acids is 1. The van der Waals surface area contributed by atoms with Crippen LogP contribution in [0.4, 0.5) is 0 Å². The molecule has 1 aliphatic heterocycles. The Morgan fingerprint density at radius 1 is 1.35 bits per heavy atom. The Hall–Kier alpha value is -1.26. The first-order chi connectivity index (χ1) is 9.29. The van der Waals surface area contributed by atoms with Gasteiger partial charge in [-0.3, -0.25) is 4.79 Å². The van der Waals surface area contributed by atoms with Crippen LogP contribution >= 0.6 is 12.4 Å². The summed E-state index contributed by atoms with van der Waals surface area (Å²) < 4.78 is 5.50. The standard InChI is InChI=1S/C15H22N2O2.ClH/c16-9-8-13-5-4-10-17(11-13)15(18)12-19-14-6-2-1-3-7-14;/h1-3,6-7,13H,4-5,8-12,16H2;1H. The van der Waals surface area contributed by atoms with Crippen LogP contribution in [-0.4, -0.2) is 37.0 Å². The molecule has 1 amide bonds. The molecule has 0 spiro atoms. The third kappa shape index (κ3) is 5.02. The molecular weight excluding hydrogens is 276 g/mol. The smallest absolute Gasteiger partial charge is 0.260 e. The van der Waals surface area contributed by atoms with Gasteiger partial charge in [0.2, 0.25) is 0 Å². The molecule has 1 fully saturated rings. The number of carbonyl (C=O) groups is 1. The van der Waals surface area contributed by atoms with Crippen molar-refractivity contribution < 1.29 is 9.53 Å². The van der Waals surface area contributed by atoms with E-state index in [9.17, 15) is 4.79 Å². The molecule has 0 aromatic heterocycles. The summed E-state index contributed by atoms with van der Waals surface area (Å²) in [4.78, 5) is 14.0. The highest BCUT2D eigenvalue weighted by Gasteiger charge is 2.23. The highest BCUT2D eigenvalue weighted by atomic mass is 35.5. The lowest BCUT2D eigenvalue weighted by Gasteiger charge is -2.32. The van der Waals surface area contributed by atoms with Crippen molar-refractivity contribution in [2.75, 3.05) is 26.2 Å².